The molecular formula is C12H16N4O2S2. The number of nitrogens with zero attached hydrogens (tertiary/aromatic N) is 1. The van der Waals surface area contributed by atoms with Gasteiger partial charge in [-0.05, 0) is 35.2 Å². The summed E-state index contributed by atoms with van der Waals surface area (Å²) in [5.74, 6) is 0. The van der Waals surface area contributed by atoms with Gasteiger partial charge >= 0.3 is 0 Å². The molecule has 0 spiro atoms. The van der Waals surface area contributed by atoms with Crippen LogP contribution in [0.5, 0.6) is 0 Å². The first-order valence-corrected chi connectivity index (χ1v) is 8.84. The van der Waals surface area contributed by atoms with E-state index in [1.165, 1.54) is 0 Å². The lowest BCUT2D eigenvalue weighted by Gasteiger charge is -2.07. The number of aromatic amines is 1. The number of hydrogen-bond donors (Lipinski definition) is 3. The fourth-order valence-electron chi connectivity index (χ4n) is 1.84. The zero-order valence-electron chi connectivity index (χ0n) is 10.8. The molecule has 108 valence electrons. The van der Waals surface area contributed by atoms with Crippen molar-refractivity contribution in [1.29, 1.82) is 0 Å². The third-order valence-corrected chi connectivity index (χ3v) is 5.30. The molecule has 1 saturated carbocycles. The van der Waals surface area contributed by atoms with Crippen LogP contribution in [-0.2, 0) is 23.1 Å². The molecule has 0 atom stereocenters. The molecule has 0 aromatic carbocycles. The van der Waals surface area contributed by atoms with Crippen molar-refractivity contribution in [2.75, 3.05) is 0 Å². The van der Waals surface area contributed by atoms with Crippen molar-refractivity contribution < 1.29 is 8.42 Å². The topological polar surface area (TPSA) is 86.9 Å². The lowest BCUT2D eigenvalue weighted by molar-refractivity contribution is 0.573. The second-order valence-corrected chi connectivity index (χ2v) is 7.32. The van der Waals surface area contributed by atoms with Gasteiger partial charge in [0.05, 0.1) is 6.20 Å². The van der Waals surface area contributed by atoms with Crippen molar-refractivity contribution in [3.63, 3.8) is 0 Å². The molecule has 0 unspecified atom stereocenters. The standard InChI is InChI=1S/C12H16N4O2S2/c17-20(18,15-5-9-3-4-19-8-9)12-10(7-14-16-12)6-13-11-1-2-11/h3-4,7-8,11,13,15H,1-2,5-6H2,(H,14,16). The molecular weight excluding hydrogens is 296 g/mol. The zero-order chi connectivity index (χ0) is 14.0. The van der Waals surface area contributed by atoms with E-state index in [-0.39, 0.29) is 5.03 Å². The highest BCUT2D eigenvalue weighted by Crippen LogP contribution is 2.20. The van der Waals surface area contributed by atoms with E-state index >= 15 is 0 Å². The summed E-state index contributed by atoms with van der Waals surface area (Å²) in [5.41, 5.74) is 1.63. The number of thiophene rings is 1. The first-order chi connectivity index (χ1) is 9.65. The molecule has 0 aliphatic heterocycles. The van der Waals surface area contributed by atoms with E-state index in [2.05, 4.69) is 20.2 Å². The molecule has 1 aliphatic carbocycles. The Kier molecular flexibility index (Phi) is 3.88. The van der Waals surface area contributed by atoms with Crippen molar-refractivity contribution >= 4 is 21.4 Å². The normalized spacial score (nSPS) is 15.6. The van der Waals surface area contributed by atoms with Crippen LogP contribution in [0.1, 0.15) is 24.0 Å². The SMILES string of the molecule is O=S(=O)(NCc1ccsc1)c1[nH]ncc1CNC1CC1. The Hall–Kier alpha value is -1.22. The molecule has 0 amide bonds. The quantitative estimate of drug-likeness (QED) is 0.717. The number of hydrogen-bond acceptors (Lipinski definition) is 5. The lowest BCUT2D eigenvalue weighted by Crippen LogP contribution is -2.25. The summed E-state index contributed by atoms with van der Waals surface area (Å²) in [6.45, 7) is 0.816. The molecule has 8 heteroatoms. The molecule has 6 nitrogen and oxygen atoms in total. The van der Waals surface area contributed by atoms with Gasteiger partial charge in [-0.3, -0.25) is 5.10 Å². The number of rotatable bonds is 7. The first kappa shape index (κ1) is 13.7. The molecule has 3 N–H and O–H groups in total. The van der Waals surface area contributed by atoms with Crippen molar-refractivity contribution in [2.24, 2.45) is 0 Å². The van der Waals surface area contributed by atoms with Gasteiger partial charge in [0, 0.05) is 24.7 Å². The molecule has 1 fully saturated rings. The van der Waals surface area contributed by atoms with Crippen LogP contribution < -0.4 is 10.0 Å². The van der Waals surface area contributed by atoms with Crippen molar-refractivity contribution in [1.82, 2.24) is 20.2 Å². The molecule has 2 aromatic heterocycles. The molecule has 0 radical (unpaired) electrons. The fraction of sp³-hybridized carbons (Fsp3) is 0.417. The summed E-state index contributed by atoms with van der Waals surface area (Å²) < 4.78 is 27.1. The average Bonchev–Trinajstić information content (AvgIpc) is 2.94. The van der Waals surface area contributed by atoms with Gasteiger partial charge in [-0.2, -0.15) is 16.4 Å². The summed E-state index contributed by atoms with van der Waals surface area (Å²) in [6, 6.07) is 2.43. The number of aromatic nitrogens is 2. The Morgan fingerprint density at radius 3 is 2.95 bits per heavy atom. The summed E-state index contributed by atoms with van der Waals surface area (Å²) in [7, 11) is -3.55. The summed E-state index contributed by atoms with van der Waals surface area (Å²) >= 11 is 1.54. The molecule has 2 aromatic rings. The maximum Gasteiger partial charge on any atom is 0.258 e. The lowest BCUT2D eigenvalue weighted by atomic mass is 10.3. The van der Waals surface area contributed by atoms with Gasteiger partial charge in [-0.25, -0.2) is 13.1 Å². The highest BCUT2D eigenvalue weighted by molar-refractivity contribution is 7.89. The summed E-state index contributed by atoms with van der Waals surface area (Å²) in [6.07, 6.45) is 3.89. The Morgan fingerprint density at radius 2 is 2.25 bits per heavy atom. The Morgan fingerprint density at radius 1 is 1.40 bits per heavy atom. The molecule has 20 heavy (non-hydrogen) atoms. The molecule has 0 bridgehead atoms. The van der Waals surface area contributed by atoms with Crippen molar-refractivity contribution in [3.05, 3.63) is 34.2 Å². The van der Waals surface area contributed by atoms with Gasteiger partial charge in [0.2, 0.25) is 0 Å². The predicted octanol–water partition coefficient (Wildman–Crippen LogP) is 1.20. The van der Waals surface area contributed by atoms with Crippen LogP contribution in [0, 0.1) is 0 Å². The van der Waals surface area contributed by atoms with Crippen molar-refractivity contribution in [2.45, 2.75) is 37.0 Å². The van der Waals surface area contributed by atoms with E-state index in [0.717, 1.165) is 18.4 Å². The Bertz CT molecular complexity index is 659. The first-order valence-electron chi connectivity index (χ1n) is 6.41. The van der Waals surface area contributed by atoms with E-state index in [0.29, 0.717) is 24.7 Å². The number of sulfonamides is 1. The van der Waals surface area contributed by atoms with Gasteiger partial charge in [0.15, 0.2) is 5.03 Å². The summed E-state index contributed by atoms with van der Waals surface area (Å²) in [5, 5.41) is 13.7. The largest absolute Gasteiger partial charge is 0.310 e. The van der Waals surface area contributed by atoms with Gasteiger partial charge in [0.1, 0.15) is 0 Å². The van der Waals surface area contributed by atoms with E-state index in [4.69, 9.17) is 0 Å². The average molecular weight is 312 g/mol. The van der Waals surface area contributed by atoms with Crippen molar-refractivity contribution in [3.8, 4) is 0 Å². The Balaban J connectivity index is 1.68. The third kappa shape index (κ3) is 3.26. The monoisotopic (exact) mass is 312 g/mol. The minimum absolute atomic E-state index is 0.154. The van der Waals surface area contributed by atoms with Crippen LogP contribution in [0.3, 0.4) is 0 Å². The number of H-pyrrole nitrogens is 1. The molecule has 3 rings (SSSR count). The number of nitrogens with one attached hydrogen (secondary N) is 3. The predicted molar refractivity (Wildman–Crippen MR) is 76.8 cm³/mol. The van der Waals surface area contributed by atoms with Crippen LogP contribution in [0.2, 0.25) is 0 Å². The van der Waals surface area contributed by atoms with Crippen LogP contribution in [0.4, 0.5) is 0 Å². The van der Waals surface area contributed by atoms with Crippen LogP contribution in [0.15, 0.2) is 28.0 Å². The molecule has 1 aliphatic rings. The van der Waals surface area contributed by atoms with Gasteiger partial charge in [0.25, 0.3) is 10.0 Å². The highest BCUT2D eigenvalue weighted by Gasteiger charge is 2.24. The van der Waals surface area contributed by atoms with E-state index in [9.17, 15) is 8.42 Å². The van der Waals surface area contributed by atoms with Crippen LogP contribution in [0.25, 0.3) is 0 Å². The van der Waals surface area contributed by atoms with Gasteiger partial charge < -0.3 is 5.32 Å². The zero-order valence-corrected chi connectivity index (χ0v) is 12.4. The minimum Gasteiger partial charge on any atom is -0.310 e. The van der Waals surface area contributed by atoms with E-state index in [1.807, 2.05) is 16.8 Å². The molecule has 2 heterocycles. The van der Waals surface area contributed by atoms with Crippen LogP contribution in [-0.4, -0.2) is 24.7 Å². The smallest absolute Gasteiger partial charge is 0.258 e. The van der Waals surface area contributed by atoms with Gasteiger partial charge in [-0.15, -0.1) is 0 Å². The second kappa shape index (κ2) is 5.65. The Labute approximate surface area is 121 Å². The fourth-order valence-corrected chi connectivity index (χ4v) is 3.66. The highest BCUT2D eigenvalue weighted by atomic mass is 32.2. The molecule has 0 saturated heterocycles. The minimum atomic E-state index is -3.55. The van der Waals surface area contributed by atoms with Crippen LogP contribution >= 0.6 is 11.3 Å². The van der Waals surface area contributed by atoms with Gasteiger partial charge in [-0.1, -0.05) is 0 Å². The van der Waals surface area contributed by atoms with E-state index in [1.54, 1.807) is 17.5 Å². The summed E-state index contributed by atoms with van der Waals surface area (Å²) in [4.78, 5) is 0. The maximum absolute atomic E-state index is 12.3. The van der Waals surface area contributed by atoms with E-state index < -0.39 is 10.0 Å². The maximum atomic E-state index is 12.3. The third-order valence-electron chi connectivity index (χ3n) is 3.15. The second-order valence-electron chi connectivity index (χ2n) is 4.84.